The molecule has 2 aromatic carbocycles. The number of H-pyrrole nitrogens is 2. The summed E-state index contributed by atoms with van der Waals surface area (Å²) < 4.78 is 40.4. The van der Waals surface area contributed by atoms with Crippen molar-refractivity contribution in [3.05, 3.63) is 87.8 Å². The molecule has 3 saturated heterocycles. The van der Waals surface area contributed by atoms with E-state index in [0.717, 1.165) is 24.1 Å². The number of alkyl carbamates (subject to hydrolysis) is 2. The summed E-state index contributed by atoms with van der Waals surface area (Å²) in [5.41, 5.74) is 4.19. The molecule has 0 spiro atoms. The molecule has 0 aliphatic carbocycles. The first-order valence-corrected chi connectivity index (χ1v) is 23.8. The molecule has 2 aromatic heterocycles. The molecule has 4 N–H and O–H groups in total. The quantitative estimate of drug-likeness (QED) is 0.107. The number of halogens is 2. The van der Waals surface area contributed by atoms with E-state index in [9.17, 15) is 23.6 Å². The molecule has 366 valence electrons. The van der Waals surface area contributed by atoms with Crippen LogP contribution in [-0.4, -0.2) is 106 Å². The molecule has 7 rings (SSSR count). The number of carbonyl (C=O) groups excluding carboxylic acids is 4. The number of nitrogens with zero attached hydrogens (tertiary/aromatic N) is 5. The van der Waals surface area contributed by atoms with E-state index in [1.54, 1.807) is 9.80 Å². The number of hydrogen-bond donors (Lipinski definition) is 4. The highest BCUT2D eigenvalue weighted by Gasteiger charge is 2.41. The van der Waals surface area contributed by atoms with Gasteiger partial charge >= 0.3 is 12.2 Å². The summed E-state index contributed by atoms with van der Waals surface area (Å²) in [6.45, 7) is 18.6. The highest BCUT2D eigenvalue weighted by molar-refractivity contribution is 5.87. The largest absolute Gasteiger partial charge is 0.453 e. The number of benzene rings is 2. The number of alkyl halides is 1. The molecular formula is C51H67F2N9O6. The molecule has 68 heavy (non-hydrogen) atoms. The lowest BCUT2D eigenvalue weighted by molar-refractivity contribution is -0.136. The Bertz CT molecular complexity index is 2640. The highest BCUT2D eigenvalue weighted by atomic mass is 19.1. The maximum absolute atomic E-state index is 16.7. The lowest BCUT2D eigenvalue weighted by Gasteiger charge is -2.34. The number of anilines is 1. The van der Waals surface area contributed by atoms with Crippen molar-refractivity contribution in [2.45, 2.75) is 129 Å². The normalized spacial score (nSPS) is 21.3. The van der Waals surface area contributed by atoms with E-state index in [-0.39, 0.29) is 35.1 Å². The van der Waals surface area contributed by atoms with Gasteiger partial charge in [0.1, 0.15) is 36.2 Å². The molecule has 5 heterocycles. The fourth-order valence-corrected chi connectivity index (χ4v) is 10.0. The molecule has 4 amide bonds. The third-order valence-electron chi connectivity index (χ3n) is 13.7. The van der Waals surface area contributed by atoms with Gasteiger partial charge in [-0.1, -0.05) is 67.2 Å². The molecule has 0 radical (unpaired) electrons. The fourth-order valence-electron chi connectivity index (χ4n) is 10.0. The number of imidazole rings is 2. The number of nitrogens with one attached hydrogen (secondary N) is 4. The Hall–Kier alpha value is -6.26. The van der Waals surface area contributed by atoms with Crippen LogP contribution in [0.3, 0.4) is 0 Å². The summed E-state index contributed by atoms with van der Waals surface area (Å²) in [5, 5.41) is 6.29. The number of aromatic amines is 2. The number of aromatic nitrogens is 4. The predicted molar refractivity (Wildman–Crippen MR) is 257 cm³/mol. The lowest BCUT2D eigenvalue weighted by atomic mass is 9.87. The summed E-state index contributed by atoms with van der Waals surface area (Å²) in [6.07, 6.45) is 5.84. The van der Waals surface area contributed by atoms with Gasteiger partial charge in [0, 0.05) is 30.4 Å². The first-order valence-electron chi connectivity index (χ1n) is 23.8. The maximum Gasteiger partial charge on any atom is 0.407 e. The molecule has 17 heteroatoms. The van der Waals surface area contributed by atoms with E-state index in [1.165, 1.54) is 26.4 Å². The highest BCUT2D eigenvalue weighted by Crippen LogP contribution is 2.45. The van der Waals surface area contributed by atoms with E-state index in [0.29, 0.717) is 83.3 Å². The van der Waals surface area contributed by atoms with Gasteiger partial charge in [0.05, 0.1) is 60.1 Å². The third-order valence-corrected chi connectivity index (χ3v) is 13.7. The van der Waals surface area contributed by atoms with Crippen LogP contribution in [0.25, 0.3) is 23.2 Å². The molecule has 4 aromatic rings. The van der Waals surface area contributed by atoms with E-state index < -0.39 is 54.9 Å². The SMILES string of the molecule is C=C(/C=c1/[nH]c([C@@H]2CCCN2C(=O)[C@@H](NC(=O)OC)C(C)C)n/c1=C/CF)[C@@H]1CC[C@H](c2cc3[nH]c([C@@H]4CCCN4C(=O)[C@@H](NC(=O)OC)C(C)C)nc3cc2F)N1c1ccc(C(C)(C)C)cc1. The zero-order valence-electron chi connectivity index (χ0n) is 40.8. The van der Waals surface area contributed by atoms with Crippen LogP contribution in [0.5, 0.6) is 0 Å². The number of methoxy groups -OCH3 is 2. The Morgan fingerprint density at radius 2 is 1.38 bits per heavy atom. The lowest BCUT2D eigenvalue weighted by Crippen LogP contribution is -2.51. The number of hydrogen-bond acceptors (Lipinski definition) is 9. The van der Waals surface area contributed by atoms with Gasteiger partial charge in [0.15, 0.2) is 0 Å². The summed E-state index contributed by atoms with van der Waals surface area (Å²) in [7, 11) is 2.51. The second-order valence-corrected chi connectivity index (χ2v) is 19.9. The van der Waals surface area contributed by atoms with Gasteiger partial charge in [-0.3, -0.25) is 9.59 Å². The van der Waals surface area contributed by atoms with Crippen LogP contribution in [0.2, 0.25) is 0 Å². The number of likely N-dealkylation sites (tertiary alicyclic amines) is 2. The van der Waals surface area contributed by atoms with E-state index in [1.807, 2.05) is 39.8 Å². The molecule has 6 atom stereocenters. The minimum absolute atomic E-state index is 0.100. The van der Waals surface area contributed by atoms with Crippen LogP contribution >= 0.6 is 0 Å². The van der Waals surface area contributed by atoms with Crippen LogP contribution in [0.4, 0.5) is 24.1 Å². The average Bonchev–Trinajstić information content (AvgIpc) is 4.16. The maximum atomic E-state index is 16.7. The van der Waals surface area contributed by atoms with Crippen molar-refractivity contribution < 1.29 is 37.4 Å². The van der Waals surface area contributed by atoms with Crippen molar-refractivity contribution in [1.29, 1.82) is 0 Å². The Balaban J connectivity index is 1.22. The molecular weight excluding hydrogens is 873 g/mol. The monoisotopic (exact) mass is 940 g/mol. The standard InChI is InChI=1S/C51H67F2N9O6/c1-28(2)43(58-49(65)67-9)47(63)60-23-11-13-41(60)45-54-35(21-22-52)36(55-45)25-30(5)39-19-20-40(62(39)32-17-15-31(16-18-32)51(6,7)8)33-26-37-38(27-34(33)53)57-46(56-37)42-14-12-24-61(42)48(64)44(29(3)4)59-50(66)68-10/h15-18,21,25-29,39-44H,5,11-14,19-20,22-24H2,1-4,6-10H3,(H,54,55)(H,56,57)(H,58,65)(H,59,66)/b35-21+,36-25+/t39-,40+,41-,42-,43-,44-/m0/s1. The smallest absolute Gasteiger partial charge is 0.407 e. The Kier molecular flexibility index (Phi) is 15.0. The van der Waals surface area contributed by atoms with Gasteiger partial charge in [-0.2, -0.15) is 0 Å². The summed E-state index contributed by atoms with van der Waals surface area (Å²) in [4.78, 5) is 74.3. The number of rotatable bonds is 13. The van der Waals surface area contributed by atoms with Crippen LogP contribution in [0, 0.1) is 17.7 Å². The van der Waals surface area contributed by atoms with Gasteiger partial charge in [0.25, 0.3) is 0 Å². The molecule has 3 fully saturated rings. The first kappa shape index (κ1) is 49.6. The van der Waals surface area contributed by atoms with Crippen molar-refractivity contribution in [2.75, 3.05) is 38.9 Å². The number of fused-ring (bicyclic) bond motifs is 1. The second kappa shape index (κ2) is 20.5. The Morgan fingerprint density at radius 1 is 0.824 bits per heavy atom. The van der Waals surface area contributed by atoms with Gasteiger partial charge in [-0.05, 0) is 97.3 Å². The van der Waals surface area contributed by atoms with E-state index >= 15 is 4.39 Å². The Morgan fingerprint density at radius 3 is 1.90 bits per heavy atom. The van der Waals surface area contributed by atoms with E-state index in [2.05, 4.69) is 77.1 Å². The number of amides is 4. The predicted octanol–water partition coefficient (Wildman–Crippen LogP) is 7.31. The number of carbonyl (C=O) groups is 4. The minimum atomic E-state index is -0.811. The van der Waals surface area contributed by atoms with Crippen molar-refractivity contribution >= 4 is 52.9 Å². The molecule has 3 aliphatic heterocycles. The minimum Gasteiger partial charge on any atom is -0.453 e. The van der Waals surface area contributed by atoms with Gasteiger partial charge in [0.2, 0.25) is 11.8 Å². The van der Waals surface area contributed by atoms with Crippen LogP contribution in [0.1, 0.15) is 128 Å². The van der Waals surface area contributed by atoms with Gasteiger partial charge in [-0.15, -0.1) is 0 Å². The second-order valence-electron chi connectivity index (χ2n) is 19.9. The van der Waals surface area contributed by atoms with Crippen molar-refractivity contribution in [2.24, 2.45) is 11.8 Å². The summed E-state index contributed by atoms with van der Waals surface area (Å²) >= 11 is 0. The van der Waals surface area contributed by atoms with E-state index in [4.69, 9.17) is 19.4 Å². The molecule has 0 bridgehead atoms. The molecule has 0 unspecified atom stereocenters. The van der Waals surface area contributed by atoms with Crippen molar-refractivity contribution in [1.82, 2.24) is 40.4 Å². The average molecular weight is 940 g/mol. The van der Waals surface area contributed by atoms with Crippen LogP contribution in [0.15, 0.2) is 48.6 Å². The summed E-state index contributed by atoms with van der Waals surface area (Å²) in [6, 6.07) is 8.46. The fraction of sp³-hybridized carbons (Fsp3) is 0.529. The van der Waals surface area contributed by atoms with Crippen molar-refractivity contribution in [3.8, 4) is 0 Å². The Labute approximate surface area is 396 Å². The van der Waals surface area contributed by atoms with Crippen LogP contribution < -0.4 is 26.2 Å². The summed E-state index contributed by atoms with van der Waals surface area (Å²) in [5.74, 6) is -0.246. The van der Waals surface area contributed by atoms with Crippen molar-refractivity contribution in [3.63, 3.8) is 0 Å². The molecule has 3 aliphatic rings. The first-order chi connectivity index (χ1) is 32.3. The van der Waals surface area contributed by atoms with Gasteiger partial charge in [-0.25, -0.2) is 28.3 Å². The number of ether oxygens (including phenoxy) is 2. The molecule has 0 saturated carbocycles. The van der Waals surface area contributed by atoms with Gasteiger partial charge < -0.3 is 44.8 Å². The zero-order chi connectivity index (χ0) is 49.2. The molecule has 15 nitrogen and oxygen atoms in total. The topological polar surface area (TPSA) is 178 Å². The third kappa shape index (κ3) is 10.3. The zero-order valence-corrected chi connectivity index (χ0v) is 40.8. The van der Waals surface area contributed by atoms with Crippen LogP contribution in [-0.2, 0) is 24.5 Å².